The van der Waals surface area contributed by atoms with Gasteiger partial charge >= 0.3 is 0 Å². The Morgan fingerprint density at radius 2 is 1.79 bits per heavy atom. The van der Waals surface area contributed by atoms with E-state index in [2.05, 4.69) is 15.0 Å². The van der Waals surface area contributed by atoms with Crippen LogP contribution in [0.3, 0.4) is 0 Å². The Labute approximate surface area is 168 Å². The summed E-state index contributed by atoms with van der Waals surface area (Å²) in [4.78, 5) is 16.4. The van der Waals surface area contributed by atoms with Crippen LogP contribution in [0.2, 0.25) is 0 Å². The summed E-state index contributed by atoms with van der Waals surface area (Å²) in [5, 5.41) is 2.64. The fourth-order valence-corrected chi connectivity index (χ4v) is 4.03. The van der Waals surface area contributed by atoms with E-state index in [1.54, 1.807) is 38.4 Å². The second kappa shape index (κ2) is 8.50. The van der Waals surface area contributed by atoms with Crippen molar-refractivity contribution >= 4 is 21.6 Å². The quantitative estimate of drug-likeness (QED) is 0.643. The number of rotatable bonds is 6. The van der Waals surface area contributed by atoms with Crippen LogP contribution in [0.1, 0.15) is 34.5 Å². The lowest BCUT2D eigenvalue weighted by molar-refractivity contribution is 0.102. The largest absolute Gasteiger partial charge is 0.322 e. The molecule has 2 N–H and O–H groups in total. The smallest absolute Gasteiger partial charge is 0.255 e. The first-order chi connectivity index (χ1) is 13.8. The third kappa shape index (κ3) is 5.04. The molecule has 3 aromatic rings. The van der Waals surface area contributed by atoms with E-state index in [0.29, 0.717) is 11.3 Å². The third-order valence-corrected chi connectivity index (χ3v) is 5.90. The molecular formula is C21H20FN3O3S. The molecule has 8 heteroatoms. The van der Waals surface area contributed by atoms with E-state index in [1.807, 2.05) is 0 Å². The van der Waals surface area contributed by atoms with Crippen molar-refractivity contribution < 1.29 is 17.6 Å². The van der Waals surface area contributed by atoms with Crippen LogP contribution in [-0.2, 0) is 10.0 Å². The van der Waals surface area contributed by atoms with Crippen molar-refractivity contribution in [3.63, 3.8) is 0 Å². The van der Waals surface area contributed by atoms with Crippen molar-refractivity contribution in [1.82, 2.24) is 9.71 Å². The SMILES string of the molecule is Cc1cc(NC(=O)c2cccc(S(=O)(=O)NC(C)c3ccncc3)c2)ccc1F. The summed E-state index contributed by atoms with van der Waals surface area (Å²) in [6, 6.07) is 12.9. The Bertz CT molecular complexity index is 1130. The molecule has 3 rings (SSSR count). The fourth-order valence-electron chi connectivity index (χ4n) is 2.75. The molecule has 0 aliphatic carbocycles. The van der Waals surface area contributed by atoms with Gasteiger partial charge in [0.15, 0.2) is 0 Å². The molecule has 0 radical (unpaired) electrons. The number of carbonyl (C=O) groups is 1. The summed E-state index contributed by atoms with van der Waals surface area (Å²) >= 11 is 0. The minimum absolute atomic E-state index is 0.0265. The van der Waals surface area contributed by atoms with E-state index < -0.39 is 22.0 Å². The highest BCUT2D eigenvalue weighted by Crippen LogP contribution is 2.19. The summed E-state index contributed by atoms with van der Waals surface area (Å²) in [5.41, 5.74) is 1.76. The highest BCUT2D eigenvalue weighted by Gasteiger charge is 2.20. The van der Waals surface area contributed by atoms with Gasteiger partial charge in [0, 0.05) is 29.7 Å². The van der Waals surface area contributed by atoms with Crippen molar-refractivity contribution in [2.45, 2.75) is 24.8 Å². The van der Waals surface area contributed by atoms with Gasteiger partial charge in [-0.05, 0) is 73.5 Å². The Kier molecular flexibility index (Phi) is 6.05. The number of nitrogens with zero attached hydrogens (tertiary/aromatic N) is 1. The number of aromatic nitrogens is 1. The summed E-state index contributed by atoms with van der Waals surface area (Å²) in [7, 11) is -3.85. The molecule has 150 valence electrons. The average Bonchev–Trinajstić information content (AvgIpc) is 2.71. The maximum absolute atomic E-state index is 13.4. The third-order valence-electron chi connectivity index (χ3n) is 4.36. The lowest BCUT2D eigenvalue weighted by atomic mass is 10.1. The topological polar surface area (TPSA) is 88.2 Å². The molecule has 1 unspecified atom stereocenters. The number of nitrogens with one attached hydrogen (secondary N) is 2. The maximum atomic E-state index is 13.4. The first kappa shape index (κ1) is 20.6. The molecule has 0 fully saturated rings. The summed E-state index contributed by atoms with van der Waals surface area (Å²) < 4.78 is 41.4. The molecule has 0 saturated carbocycles. The number of carbonyl (C=O) groups excluding carboxylic acids is 1. The van der Waals surface area contributed by atoms with E-state index in [9.17, 15) is 17.6 Å². The maximum Gasteiger partial charge on any atom is 0.255 e. The standard InChI is InChI=1S/C21H20FN3O3S/c1-14-12-18(6-7-20(14)22)24-21(26)17-4-3-5-19(13-17)29(27,28)25-15(2)16-8-10-23-11-9-16/h3-13,15,25H,1-2H3,(H,24,26). The van der Waals surface area contributed by atoms with E-state index in [-0.39, 0.29) is 16.3 Å². The van der Waals surface area contributed by atoms with E-state index in [0.717, 1.165) is 5.56 Å². The van der Waals surface area contributed by atoms with Crippen LogP contribution < -0.4 is 10.0 Å². The summed E-state index contributed by atoms with van der Waals surface area (Å²) in [5.74, 6) is -0.860. The van der Waals surface area contributed by atoms with Gasteiger partial charge in [0.25, 0.3) is 5.91 Å². The van der Waals surface area contributed by atoms with Gasteiger partial charge in [-0.2, -0.15) is 0 Å². The van der Waals surface area contributed by atoms with Crippen LogP contribution in [0.15, 0.2) is 71.9 Å². The Morgan fingerprint density at radius 3 is 2.48 bits per heavy atom. The molecule has 0 aliphatic heterocycles. The van der Waals surface area contributed by atoms with Gasteiger partial charge in [0.1, 0.15) is 5.82 Å². The predicted molar refractivity (Wildman–Crippen MR) is 109 cm³/mol. The number of benzene rings is 2. The van der Waals surface area contributed by atoms with Gasteiger partial charge in [0.05, 0.1) is 4.90 Å². The zero-order valence-corrected chi connectivity index (χ0v) is 16.7. The minimum Gasteiger partial charge on any atom is -0.322 e. The first-order valence-corrected chi connectivity index (χ1v) is 10.3. The van der Waals surface area contributed by atoms with E-state index in [4.69, 9.17) is 0 Å². The summed E-state index contributed by atoms with van der Waals surface area (Å²) in [6.45, 7) is 3.31. The molecule has 1 amide bonds. The first-order valence-electron chi connectivity index (χ1n) is 8.86. The van der Waals surface area contributed by atoms with Crippen LogP contribution >= 0.6 is 0 Å². The number of hydrogen-bond donors (Lipinski definition) is 2. The molecule has 1 atom stereocenters. The van der Waals surface area contributed by atoms with Gasteiger partial charge < -0.3 is 5.32 Å². The lowest BCUT2D eigenvalue weighted by Crippen LogP contribution is -2.27. The second-order valence-electron chi connectivity index (χ2n) is 6.57. The van der Waals surface area contributed by atoms with E-state index >= 15 is 0 Å². The normalized spacial score (nSPS) is 12.4. The molecule has 2 aromatic carbocycles. The molecule has 6 nitrogen and oxygen atoms in total. The van der Waals surface area contributed by atoms with Crippen LogP contribution in [-0.4, -0.2) is 19.3 Å². The van der Waals surface area contributed by atoms with Crippen molar-refractivity contribution in [3.8, 4) is 0 Å². The fraction of sp³-hybridized carbons (Fsp3) is 0.143. The second-order valence-corrected chi connectivity index (χ2v) is 8.28. The Hall–Kier alpha value is -3.10. The molecule has 0 saturated heterocycles. The van der Waals surface area contributed by atoms with Crippen LogP contribution in [0.4, 0.5) is 10.1 Å². The number of sulfonamides is 1. The number of amides is 1. The predicted octanol–water partition coefficient (Wildman–Crippen LogP) is 3.82. The van der Waals surface area contributed by atoms with Gasteiger partial charge in [-0.1, -0.05) is 6.07 Å². The van der Waals surface area contributed by atoms with Gasteiger partial charge in [-0.3, -0.25) is 9.78 Å². The Balaban J connectivity index is 1.78. The van der Waals surface area contributed by atoms with Crippen LogP contribution in [0.5, 0.6) is 0 Å². The van der Waals surface area contributed by atoms with Crippen LogP contribution in [0, 0.1) is 12.7 Å². The van der Waals surface area contributed by atoms with Crippen LogP contribution in [0.25, 0.3) is 0 Å². The summed E-state index contributed by atoms with van der Waals surface area (Å²) in [6.07, 6.45) is 3.17. The number of pyridine rings is 1. The Morgan fingerprint density at radius 1 is 1.07 bits per heavy atom. The van der Waals surface area contributed by atoms with Gasteiger partial charge in [-0.25, -0.2) is 17.5 Å². The zero-order chi connectivity index (χ0) is 21.0. The van der Waals surface area contributed by atoms with Crippen molar-refractivity contribution in [1.29, 1.82) is 0 Å². The van der Waals surface area contributed by atoms with Crippen molar-refractivity contribution in [3.05, 3.63) is 89.5 Å². The number of anilines is 1. The van der Waals surface area contributed by atoms with Gasteiger partial charge in [0.2, 0.25) is 10.0 Å². The molecule has 0 bridgehead atoms. The van der Waals surface area contributed by atoms with Crippen molar-refractivity contribution in [2.24, 2.45) is 0 Å². The number of aryl methyl sites for hydroxylation is 1. The molecule has 1 aromatic heterocycles. The molecular weight excluding hydrogens is 393 g/mol. The van der Waals surface area contributed by atoms with Gasteiger partial charge in [-0.15, -0.1) is 0 Å². The lowest BCUT2D eigenvalue weighted by Gasteiger charge is -2.15. The number of halogens is 1. The minimum atomic E-state index is -3.85. The average molecular weight is 413 g/mol. The highest BCUT2D eigenvalue weighted by molar-refractivity contribution is 7.89. The molecule has 0 spiro atoms. The van der Waals surface area contributed by atoms with E-state index in [1.165, 1.54) is 42.5 Å². The monoisotopic (exact) mass is 413 g/mol. The molecule has 0 aliphatic rings. The molecule has 1 heterocycles. The zero-order valence-electron chi connectivity index (χ0n) is 15.9. The number of hydrogen-bond acceptors (Lipinski definition) is 4. The molecule has 29 heavy (non-hydrogen) atoms. The highest BCUT2D eigenvalue weighted by atomic mass is 32.2. The van der Waals surface area contributed by atoms with Crippen molar-refractivity contribution in [2.75, 3.05) is 5.32 Å².